The van der Waals surface area contributed by atoms with Crippen LogP contribution in [0, 0.1) is 18.6 Å². The average molecular weight is 485 g/mol. The van der Waals surface area contributed by atoms with Gasteiger partial charge in [0.1, 0.15) is 23.5 Å². The molecule has 7 nitrogen and oxygen atoms in total. The molecule has 1 aliphatic heterocycles. The highest BCUT2D eigenvalue weighted by Crippen LogP contribution is 2.30. The number of aromatic nitrogens is 5. The Morgan fingerprint density at radius 3 is 2.72 bits per heavy atom. The molecule has 0 fully saturated rings. The molecule has 2 aromatic carbocycles. The quantitative estimate of drug-likeness (QED) is 0.342. The number of nitrogens with zero attached hydrogens (tertiary/aromatic N) is 6. The molecule has 0 unspecified atom stereocenters. The molecule has 1 aliphatic rings. The Labute approximate surface area is 206 Å². The van der Waals surface area contributed by atoms with Crippen LogP contribution in [0.2, 0.25) is 0 Å². The molecule has 5 aromatic rings. The zero-order valence-corrected chi connectivity index (χ0v) is 19.5. The Hall–Kier alpha value is -4.40. The first-order chi connectivity index (χ1) is 17.6. The topological polar surface area (TPSA) is 72.9 Å². The van der Waals surface area contributed by atoms with Gasteiger partial charge in [-0.2, -0.15) is 5.10 Å². The number of hydrogen-bond donors (Lipinski definition) is 0. The van der Waals surface area contributed by atoms with Gasteiger partial charge in [-0.15, -0.1) is 0 Å². The van der Waals surface area contributed by atoms with Crippen LogP contribution in [-0.4, -0.2) is 31.4 Å². The third kappa shape index (κ3) is 4.02. The van der Waals surface area contributed by atoms with E-state index in [-0.39, 0.29) is 24.0 Å². The second kappa shape index (κ2) is 8.99. The summed E-state index contributed by atoms with van der Waals surface area (Å²) in [5.41, 5.74) is 5.71. The van der Waals surface area contributed by atoms with E-state index in [2.05, 4.69) is 45.3 Å². The molecular weight excluding hydrogens is 462 g/mol. The van der Waals surface area contributed by atoms with Crippen molar-refractivity contribution in [2.75, 3.05) is 11.4 Å². The van der Waals surface area contributed by atoms with E-state index < -0.39 is 5.82 Å². The third-order valence-corrected chi connectivity index (χ3v) is 6.52. The monoisotopic (exact) mass is 484 g/mol. The minimum Gasteiger partial charge on any atom is -0.364 e. The van der Waals surface area contributed by atoms with Gasteiger partial charge in [0, 0.05) is 24.7 Å². The standard InChI is InChI=1S/C27H22F2N6O/c1-17-5-4-7-18-9-11-34(16-20(17)18)27-22(29)14-30-26(31-27)24-13-25(23-10-12-36-33-23)35(32-24)15-19-6-2-3-8-21(19)28/h2-8,10,12-14H,9,11,15-16H2,1H3. The third-order valence-electron chi connectivity index (χ3n) is 6.52. The van der Waals surface area contributed by atoms with Crippen molar-refractivity contribution in [2.45, 2.75) is 26.4 Å². The number of hydrogen-bond acceptors (Lipinski definition) is 6. The molecule has 180 valence electrons. The van der Waals surface area contributed by atoms with E-state index in [9.17, 15) is 8.78 Å². The summed E-state index contributed by atoms with van der Waals surface area (Å²) in [6.07, 6.45) is 3.44. The van der Waals surface area contributed by atoms with Gasteiger partial charge in [-0.25, -0.2) is 18.7 Å². The Balaban J connectivity index is 1.38. The van der Waals surface area contributed by atoms with E-state index in [4.69, 9.17) is 4.52 Å². The maximum Gasteiger partial charge on any atom is 0.183 e. The molecule has 0 amide bonds. The van der Waals surface area contributed by atoms with E-state index in [0.29, 0.717) is 35.7 Å². The first-order valence-electron chi connectivity index (χ1n) is 11.6. The van der Waals surface area contributed by atoms with Gasteiger partial charge >= 0.3 is 0 Å². The van der Waals surface area contributed by atoms with Crippen LogP contribution in [0.25, 0.3) is 22.9 Å². The van der Waals surface area contributed by atoms with Crippen LogP contribution in [0.3, 0.4) is 0 Å². The summed E-state index contributed by atoms with van der Waals surface area (Å²) in [5, 5.41) is 8.66. The molecule has 0 radical (unpaired) electrons. The van der Waals surface area contributed by atoms with Crippen LogP contribution >= 0.6 is 0 Å². The molecule has 0 N–H and O–H groups in total. The van der Waals surface area contributed by atoms with Crippen LogP contribution in [0.4, 0.5) is 14.6 Å². The Bertz CT molecular complexity index is 1550. The fourth-order valence-corrected chi connectivity index (χ4v) is 4.62. The van der Waals surface area contributed by atoms with Crippen molar-refractivity contribution in [3.63, 3.8) is 0 Å². The van der Waals surface area contributed by atoms with Crippen molar-refractivity contribution in [3.05, 3.63) is 101 Å². The van der Waals surface area contributed by atoms with Gasteiger partial charge in [-0.3, -0.25) is 4.68 Å². The van der Waals surface area contributed by atoms with Crippen molar-refractivity contribution in [1.29, 1.82) is 0 Å². The molecule has 36 heavy (non-hydrogen) atoms. The largest absolute Gasteiger partial charge is 0.364 e. The zero-order chi connectivity index (χ0) is 24.6. The van der Waals surface area contributed by atoms with Crippen LogP contribution in [0.5, 0.6) is 0 Å². The van der Waals surface area contributed by atoms with Crippen molar-refractivity contribution in [2.24, 2.45) is 0 Å². The highest BCUT2D eigenvalue weighted by atomic mass is 19.1. The number of halogens is 2. The molecule has 0 spiro atoms. The minimum absolute atomic E-state index is 0.172. The lowest BCUT2D eigenvalue weighted by atomic mass is 9.95. The zero-order valence-electron chi connectivity index (χ0n) is 19.5. The number of rotatable bonds is 5. The molecule has 6 rings (SSSR count). The van der Waals surface area contributed by atoms with E-state index >= 15 is 0 Å². The molecular formula is C27H22F2N6O. The van der Waals surface area contributed by atoms with Gasteiger partial charge in [-0.1, -0.05) is 41.6 Å². The van der Waals surface area contributed by atoms with Gasteiger partial charge < -0.3 is 9.42 Å². The van der Waals surface area contributed by atoms with E-state index in [1.807, 2.05) is 4.90 Å². The molecule has 9 heteroatoms. The number of fused-ring (bicyclic) bond motifs is 1. The first-order valence-corrected chi connectivity index (χ1v) is 11.6. The average Bonchev–Trinajstić information content (AvgIpc) is 3.56. The molecule has 0 saturated carbocycles. The Morgan fingerprint density at radius 2 is 1.89 bits per heavy atom. The number of aryl methyl sites for hydroxylation is 1. The van der Waals surface area contributed by atoms with Gasteiger partial charge in [0.2, 0.25) is 0 Å². The molecule has 4 heterocycles. The number of anilines is 1. The smallest absolute Gasteiger partial charge is 0.183 e. The molecule has 0 bridgehead atoms. The SMILES string of the molecule is Cc1cccc2c1CN(c1nc(-c3cc(-c4ccon4)n(Cc4ccccc4F)n3)ncc1F)CC2. The summed E-state index contributed by atoms with van der Waals surface area (Å²) in [6, 6.07) is 16.2. The number of benzene rings is 2. The minimum atomic E-state index is -0.488. The van der Waals surface area contributed by atoms with E-state index in [0.717, 1.165) is 6.42 Å². The summed E-state index contributed by atoms with van der Waals surface area (Å²) in [6.45, 7) is 3.46. The Kier molecular flexibility index (Phi) is 5.52. The molecule has 0 saturated heterocycles. The van der Waals surface area contributed by atoms with Gasteiger partial charge in [0.15, 0.2) is 17.5 Å². The summed E-state index contributed by atoms with van der Waals surface area (Å²) in [5.74, 6) is -0.306. The lowest BCUT2D eigenvalue weighted by Gasteiger charge is -2.31. The highest BCUT2D eigenvalue weighted by Gasteiger charge is 2.24. The predicted molar refractivity (Wildman–Crippen MR) is 130 cm³/mol. The molecule has 3 aromatic heterocycles. The van der Waals surface area contributed by atoms with Crippen LogP contribution in [0.15, 0.2) is 71.6 Å². The van der Waals surface area contributed by atoms with Crippen molar-refractivity contribution < 1.29 is 13.3 Å². The summed E-state index contributed by atoms with van der Waals surface area (Å²) >= 11 is 0. The molecule has 0 aliphatic carbocycles. The maximum atomic E-state index is 14.9. The normalized spacial score (nSPS) is 13.1. The second-order valence-electron chi connectivity index (χ2n) is 8.80. The van der Waals surface area contributed by atoms with E-state index in [1.165, 1.54) is 35.2 Å². The van der Waals surface area contributed by atoms with Crippen molar-refractivity contribution >= 4 is 5.82 Å². The maximum absolute atomic E-state index is 14.9. The van der Waals surface area contributed by atoms with Crippen molar-refractivity contribution in [3.8, 4) is 22.9 Å². The van der Waals surface area contributed by atoms with Crippen LogP contribution in [0.1, 0.15) is 22.3 Å². The van der Waals surface area contributed by atoms with Gasteiger partial charge in [-0.05, 0) is 42.2 Å². The second-order valence-corrected chi connectivity index (χ2v) is 8.80. The van der Waals surface area contributed by atoms with Gasteiger partial charge in [0.05, 0.1) is 18.4 Å². The fraction of sp³-hybridized carbons (Fsp3) is 0.185. The lowest BCUT2D eigenvalue weighted by Crippen LogP contribution is -2.32. The lowest BCUT2D eigenvalue weighted by molar-refractivity contribution is 0.421. The van der Waals surface area contributed by atoms with Crippen molar-refractivity contribution in [1.82, 2.24) is 24.9 Å². The molecule has 0 atom stereocenters. The van der Waals surface area contributed by atoms with Crippen LogP contribution in [-0.2, 0) is 19.5 Å². The first kappa shape index (κ1) is 22.1. The predicted octanol–water partition coefficient (Wildman–Crippen LogP) is 5.19. The fourth-order valence-electron chi connectivity index (χ4n) is 4.62. The van der Waals surface area contributed by atoms with E-state index in [1.54, 1.807) is 35.0 Å². The Morgan fingerprint density at radius 1 is 1.00 bits per heavy atom. The summed E-state index contributed by atoms with van der Waals surface area (Å²) < 4.78 is 35.9. The summed E-state index contributed by atoms with van der Waals surface area (Å²) in [7, 11) is 0. The van der Waals surface area contributed by atoms with Crippen LogP contribution < -0.4 is 4.90 Å². The highest BCUT2D eigenvalue weighted by molar-refractivity contribution is 5.63. The summed E-state index contributed by atoms with van der Waals surface area (Å²) in [4.78, 5) is 10.7. The van der Waals surface area contributed by atoms with Gasteiger partial charge in [0.25, 0.3) is 0 Å².